The van der Waals surface area contributed by atoms with E-state index < -0.39 is 0 Å². The molecule has 0 aliphatic heterocycles. The van der Waals surface area contributed by atoms with E-state index in [0.717, 1.165) is 0 Å². The van der Waals surface area contributed by atoms with E-state index in [1.165, 1.54) is 6.33 Å². The van der Waals surface area contributed by atoms with Crippen molar-refractivity contribution in [2.75, 3.05) is 25.0 Å². The molecule has 1 amide bonds. The minimum Gasteiger partial charge on any atom is -0.368 e. The fourth-order valence-electron chi connectivity index (χ4n) is 1.53. The number of nitrogens with zero attached hydrogens (tertiary/aromatic N) is 2. The summed E-state index contributed by atoms with van der Waals surface area (Å²) in [5.74, 6) is 0.541. The summed E-state index contributed by atoms with van der Waals surface area (Å²) in [5, 5.41) is 2.96. The van der Waals surface area contributed by atoms with Crippen molar-refractivity contribution in [3.63, 3.8) is 0 Å². The van der Waals surface area contributed by atoms with Gasteiger partial charge in [-0.05, 0) is 29.8 Å². The Morgan fingerprint density at radius 2 is 2.17 bits per heavy atom. The first-order valence-electron chi connectivity index (χ1n) is 5.85. The van der Waals surface area contributed by atoms with Gasteiger partial charge in [-0.3, -0.25) is 9.59 Å². The van der Waals surface area contributed by atoms with Crippen LogP contribution in [0.25, 0.3) is 0 Å². The van der Waals surface area contributed by atoms with Crippen molar-refractivity contribution in [1.82, 2.24) is 14.9 Å². The number of anilines is 1. The second-order valence-corrected chi connectivity index (χ2v) is 4.43. The maximum absolute atomic E-state index is 11.7. The Kier molecular flexibility index (Phi) is 5.84. The third-order valence-corrected chi connectivity index (χ3v) is 3.28. The molecular formula is C11H17BrN4O2. The summed E-state index contributed by atoms with van der Waals surface area (Å²) in [4.78, 5) is 31.2. The third kappa shape index (κ3) is 3.83. The number of halogens is 1. The second kappa shape index (κ2) is 7.15. The Morgan fingerprint density at radius 1 is 1.50 bits per heavy atom. The first-order chi connectivity index (χ1) is 8.60. The molecule has 2 N–H and O–H groups in total. The van der Waals surface area contributed by atoms with Gasteiger partial charge in [0.1, 0.15) is 10.3 Å². The van der Waals surface area contributed by atoms with Crippen LogP contribution in [0.3, 0.4) is 0 Å². The highest BCUT2D eigenvalue weighted by Gasteiger charge is 2.10. The molecule has 100 valence electrons. The Bertz CT molecular complexity index is 457. The third-order valence-electron chi connectivity index (χ3n) is 2.54. The van der Waals surface area contributed by atoms with Gasteiger partial charge in [-0.1, -0.05) is 0 Å². The number of H-pyrrole nitrogens is 1. The molecule has 0 aliphatic rings. The molecule has 0 saturated carbocycles. The normalized spacial score (nSPS) is 10.2. The number of aromatic amines is 1. The van der Waals surface area contributed by atoms with Crippen LogP contribution in [0.1, 0.15) is 20.3 Å². The maximum Gasteiger partial charge on any atom is 0.267 e. The monoisotopic (exact) mass is 316 g/mol. The Hall–Kier alpha value is -1.37. The van der Waals surface area contributed by atoms with Gasteiger partial charge in [0.15, 0.2) is 0 Å². The molecule has 0 unspecified atom stereocenters. The molecule has 1 aromatic rings. The van der Waals surface area contributed by atoms with Gasteiger partial charge in [0.05, 0.1) is 6.33 Å². The van der Waals surface area contributed by atoms with E-state index in [9.17, 15) is 9.59 Å². The van der Waals surface area contributed by atoms with E-state index in [-0.39, 0.29) is 11.5 Å². The van der Waals surface area contributed by atoms with Crippen molar-refractivity contribution in [3.05, 3.63) is 21.2 Å². The number of nitrogens with one attached hydrogen (secondary N) is 2. The van der Waals surface area contributed by atoms with Gasteiger partial charge in [0.2, 0.25) is 5.91 Å². The van der Waals surface area contributed by atoms with Crippen LogP contribution in [0.2, 0.25) is 0 Å². The standard InChI is InChI=1S/C11H17BrN4O2/c1-3-16(4-2)8(17)5-6-13-10-9(12)11(18)15-7-14-10/h7H,3-6H2,1-2H3,(H2,13,14,15,18). The molecule has 0 aliphatic carbocycles. The average Bonchev–Trinajstić information content (AvgIpc) is 2.36. The summed E-state index contributed by atoms with van der Waals surface area (Å²) in [6.45, 7) is 5.77. The zero-order valence-corrected chi connectivity index (χ0v) is 12.1. The number of hydrogen-bond acceptors (Lipinski definition) is 4. The van der Waals surface area contributed by atoms with Crippen LogP contribution in [-0.4, -0.2) is 40.4 Å². The van der Waals surface area contributed by atoms with Gasteiger partial charge in [-0.2, -0.15) is 0 Å². The summed E-state index contributed by atoms with van der Waals surface area (Å²) < 4.78 is 0.347. The lowest BCUT2D eigenvalue weighted by atomic mass is 10.3. The van der Waals surface area contributed by atoms with Crippen LogP contribution >= 0.6 is 15.9 Å². The van der Waals surface area contributed by atoms with Crippen LogP contribution in [0.5, 0.6) is 0 Å². The Balaban J connectivity index is 2.49. The minimum absolute atomic E-state index is 0.0912. The molecule has 1 rings (SSSR count). The molecule has 0 spiro atoms. The predicted molar refractivity (Wildman–Crippen MR) is 73.6 cm³/mol. The minimum atomic E-state index is -0.248. The lowest BCUT2D eigenvalue weighted by molar-refractivity contribution is -0.130. The molecule has 0 saturated heterocycles. The topological polar surface area (TPSA) is 78.1 Å². The van der Waals surface area contributed by atoms with Gasteiger partial charge in [0, 0.05) is 26.1 Å². The van der Waals surface area contributed by atoms with Crippen molar-refractivity contribution < 1.29 is 4.79 Å². The summed E-state index contributed by atoms with van der Waals surface area (Å²) in [6.07, 6.45) is 1.70. The molecule has 1 aromatic heterocycles. The molecular weight excluding hydrogens is 300 g/mol. The molecule has 0 fully saturated rings. The van der Waals surface area contributed by atoms with E-state index in [0.29, 0.717) is 36.3 Å². The summed E-state index contributed by atoms with van der Waals surface area (Å²) in [7, 11) is 0. The largest absolute Gasteiger partial charge is 0.368 e. The summed E-state index contributed by atoms with van der Waals surface area (Å²) in [5.41, 5.74) is -0.248. The van der Waals surface area contributed by atoms with Crippen LogP contribution in [0.4, 0.5) is 5.82 Å². The summed E-state index contributed by atoms with van der Waals surface area (Å²) >= 11 is 3.14. The van der Waals surface area contributed by atoms with E-state index in [1.807, 2.05) is 13.8 Å². The zero-order valence-electron chi connectivity index (χ0n) is 10.5. The lowest BCUT2D eigenvalue weighted by Crippen LogP contribution is -2.31. The van der Waals surface area contributed by atoms with Crippen molar-refractivity contribution in [2.45, 2.75) is 20.3 Å². The highest BCUT2D eigenvalue weighted by Crippen LogP contribution is 2.12. The van der Waals surface area contributed by atoms with E-state index >= 15 is 0 Å². The smallest absolute Gasteiger partial charge is 0.267 e. The molecule has 0 aromatic carbocycles. The van der Waals surface area contributed by atoms with Gasteiger partial charge in [-0.15, -0.1) is 0 Å². The maximum atomic E-state index is 11.7. The highest BCUT2D eigenvalue weighted by molar-refractivity contribution is 9.10. The molecule has 18 heavy (non-hydrogen) atoms. The van der Waals surface area contributed by atoms with Crippen LogP contribution in [0, 0.1) is 0 Å². The van der Waals surface area contributed by atoms with E-state index in [2.05, 4.69) is 31.2 Å². The predicted octanol–water partition coefficient (Wildman–Crippen LogP) is 1.20. The summed E-state index contributed by atoms with van der Waals surface area (Å²) in [6, 6.07) is 0. The van der Waals surface area contributed by atoms with Gasteiger partial charge in [0.25, 0.3) is 5.56 Å². The SMILES string of the molecule is CCN(CC)C(=O)CCNc1nc[nH]c(=O)c1Br. The fourth-order valence-corrected chi connectivity index (χ4v) is 1.89. The molecule has 0 atom stereocenters. The molecule has 1 heterocycles. The van der Waals surface area contributed by atoms with Gasteiger partial charge < -0.3 is 15.2 Å². The molecule has 7 heteroatoms. The van der Waals surface area contributed by atoms with Crippen molar-refractivity contribution >= 4 is 27.7 Å². The van der Waals surface area contributed by atoms with Crippen molar-refractivity contribution in [2.24, 2.45) is 0 Å². The highest BCUT2D eigenvalue weighted by atomic mass is 79.9. The first-order valence-corrected chi connectivity index (χ1v) is 6.64. The van der Waals surface area contributed by atoms with Gasteiger partial charge >= 0.3 is 0 Å². The van der Waals surface area contributed by atoms with Crippen molar-refractivity contribution in [1.29, 1.82) is 0 Å². The number of carbonyl (C=O) groups is 1. The first kappa shape index (κ1) is 14.7. The fraction of sp³-hybridized carbons (Fsp3) is 0.545. The number of hydrogen-bond donors (Lipinski definition) is 2. The quantitative estimate of drug-likeness (QED) is 0.826. The molecule has 6 nitrogen and oxygen atoms in total. The Labute approximate surface area is 114 Å². The van der Waals surface area contributed by atoms with Crippen LogP contribution in [-0.2, 0) is 4.79 Å². The zero-order chi connectivity index (χ0) is 13.5. The second-order valence-electron chi connectivity index (χ2n) is 3.64. The lowest BCUT2D eigenvalue weighted by Gasteiger charge is -2.18. The van der Waals surface area contributed by atoms with Crippen molar-refractivity contribution in [3.8, 4) is 0 Å². The number of carbonyl (C=O) groups excluding carboxylic acids is 1. The number of aromatic nitrogens is 2. The van der Waals surface area contributed by atoms with Crippen LogP contribution < -0.4 is 10.9 Å². The van der Waals surface area contributed by atoms with Gasteiger partial charge in [-0.25, -0.2) is 4.98 Å². The number of amides is 1. The molecule has 0 radical (unpaired) electrons. The number of rotatable bonds is 6. The Morgan fingerprint density at radius 3 is 2.78 bits per heavy atom. The molecule has 0 bridgehead atoms. The van der Waals surface area contributed by atoms with E-state index in [1.54, 1.807) is 4.90 Å². The average molecular weight is 317 g/mol. The van der Waals surface area contributed by atoms with E-state index in [4.69, 9.17) is 0 Å². The van der Waals surface area contributed by atoms with Crippen LogP contribution in [0.15, 0.2) is 15.6 Å².